The summed E-state index contributed by atoms with van der Waals surface area (Å²) in [7, 11) is 0. The molecule has 2 heterocycles. The first kappa shape index (κ1) is 18.6. The topological polar surface area (TPSA) is 87.4 Å². The van der Waals surface area contributed by atoms with E-state index in [0.29, 0.717) is 37.6 Å². The molecule has 1 aliphatic heterocycles. The molecule has 4 rings (SSSR count). The van der Waals surface area contributed by atoms with Crippen LogP contribution in [0.3, 0.4) is 0 Å². The number of benzene rings is 2. The number of piperazine rings is 1. The number of para-hydroxylation sites is 2. The van der Waals surface area contributed by atoms with Crippen molar-refractivity contribution in [2.75, 3.05) is 41.3 Å². The molecule has 29 heavy (non-hydrogen) atoms. The van der Waals surface area contributed by atoms with Crippen molar-refractivity contribution in [3.8, 4) is 0 Å². The Hall–Kier alpha value is -3.75. The average molecular weight is 394 g/mol. The summed E-state index contributed by atoms with van der Waals surface area (Å²) in [5.41, 5.74) is 1.07. The second-order valence-corrected chi connectivity index (χ2v) is 6.57. The Labute approximate surface area is 166 Å². The molecule has 0 aliphatic carbocycles. The van der Waals surface area contributed by atoms with E-state index in [1.165, 1.54) is 12.4 Å². The van der Waals surface area contributed by atoms with Crippen LogP contribution in [-0.2, 0) is 0 Å². The minimum atomic E-state index is -0.468. The fraction of sp³-hybridized carbons (Fsp3) is 0.200. The first-order chi connectivity index (χ1) is 14.1. The standard InChI is InChI=1S/C20H19FN6O2/c21-16-8-4-5-9-17(16)25-10-12-26(13-11-25)20-18(27(28)29)19(22-14-23-20)24-15-6-2-1-3-7-15/h1-9,14H,10-13H2,(H,22,23,24). The van der Waals surface area contributed by atoms with E-state index in [1.807, 2.05) is 28.0 Å². The lowest BCUT2D eigenvalue weighted by atomic mass is 10.2. The first-order valence-corrected chi connectivity index (χ1v) is 9.19. The lowest BCUT2D eigenvalue weighted by Gasteiger charge is -2.36. The molecule has 1 saturated heterocycles. The molecule has 0 atom stereocenters. The molecule has 1 aliphatic rings. The van der Waals surface area contributed by atoms with Crippen molar-refractivity contribution >= 4 is 28.7 Å². The molecule has 8 nitrogen and oxygen atoms in total. The van der Waals surface area contributed by atoms with Crippen LogP contribution < -0.4 is 15.1 Å². The van der Waals surface area contributed by atoms with E-state index in [4.69, 9.17) is 0 Å². The molecule has 0 bridgehead atoms. The van der Waals surface area contributed by atoms with Crippen molar-refractivity contribution in [3.05, 3.63) is 76.9 Å². The van der Waals surface area contributed by atoms with Crippen LogP contribution in [0.4, 0.5) is 33.1 Å². The van der Waals surface area contributed by atoms with Gasteiger partial charge in [0.25, 0.3) is 0 Å². The summed E-state index contributed by atoms with van der Waals surface area (Å²) in [6, 6.07) is 15.7. The van der Waals surface area contributed by atoms with E-state index in [1.54, 1.807) is 30.3 Å². The molecule has 0 unspecified atom stereocenters. The molecule has 148 valence electrons. The zero-order valence-electron chi connectivity index (χ0n) is 15.5. The van der Waals surface area contributed by atoms with Crippen molar-refractivity contribution in [1.29, 1.82) is 0 Å². The van der Waals surface area contributed by atoms with E-state index in [9.17, 15) is 14.5 Å². The van der Waals surface area contributed by atoms with Gasteiger partial charge < -0.3 is 15.1 Å². The summed E-state index contributed by atoms with van der Waals surface area (Å²) >= 11 is 0. The highest BCUT2D eigenvalue weighted by molar-refractivity contribution is 5.74. The van der Waals surface area contributed by atoms with Gasteiger partial charge in [-0.1, -0.05) is 30.3 Å². The third-order valence-electron chi connectivity index (χ3n) is 4.79. The highest BCUT2D eigenvalue weighted by atomic mass is 19.1. The van der Waals surface area contributed by atoms with Crippen LogP contribution in [0.2, 0.25) is 0 Å². The van der Waals surface area contributed by atoms with Gasteiger partial charge in [-0.2, -0.15) is 0 Å². The second kappa shape index (κ2) is 8.09. The molecule has 0 saturated carbocycles. The van der Waals surface area contributed by atoms with Crippen LogP contribution in [0.5, 0.6) is 0 Å². The molecule has 1 N–H and O–H groups in total. The van der Waals surface area contributed by atoms with Gasteiger partial charge in [-0.15, -0.1) is 0 Å². The van der Waals surface area contributed by atoms with E-state index in [0.717, 1.165) is 0 Å². The summed E-state index contributed by atoms with van der Waals surface area (Å²) in [6.45, 7) is 2.03. The summed E-state index contributed by atoms with van der Waals surface area (Å²) in [5, 5.41) is 14.8. The lowest BCUT2D eigenvalue weighted by Crippen LogP contribution is -2.47. The van der Waals surface area contributed by atoms with Crippen molar-refractivity contribution in [2.45, 2.75) is 0 Å². The van der Waals surface area contributed by atoms with Crippen molar-refractivity contribution < 1.29 is 9.31 Å². The zero-order valence-corrected chi connectivity index (χ0v) is 15.5. The van der Waals surface area contributed by atoms with Crippen molar-refractivity contribution in [1.82, 2.24) is 9.97 Å². The third-order valence-corrected chi connectivity index (χ3v) is 4.79. The van der Waals surface area contributed by atoms with Gasteiger partial charge in [-0.25, -0.2) is 14.4 Å². The fourth-order valence-corrected chi connectivity index (χ4v) is 3.39. The van der Waals surface area contributed by atoms with E-state index in [-0.39, 0.29) is 23.1 Å². The van der Waals surface area contributed by atoms with E-state index in [2.05, 4.69) is 15.3 Å². The minimum absolute atomic E-state index is 0.141. The molecule has 9 heteroatoms. The molecule has 3 aromatic rings. The van der Waals surface area contributed by atoms with Gasteiger partial charge in [0.05, 0.1) is 10.6 Å². The van der Waals surface area contributed by atoms with Gasteiger partial charge >= 0.3 is 5.69 Å². The highest BCUT2D eigenvalue weighted by Crippen LogP contribution is 2.34. The average Bonchev–Trinajstić information content (AvgIpc) is 2.75. The quantitative estimate of drug-likeness (QED) is 0.523. The SMILES string of the molecule is O=[N+]([O-])c1c(Nc2ccccc2)ncnc1N1CCN(c2ccccc2F)CC1. The van der Waals surface area contributed by atoms with E-state index >= 15 is 0 Å². The predicted molar refractivity (Wildman–Crippen MR) is 109 cm³/mol. The molecule has 2 aromatic carbocycles. The fourth-order valence-electron chi connectivity index (χ4n) is 3.39. The number of hydrogen-bond acceptors (Lipinski definition) is 7. The maximum atomic E-state index is 14.1. The van der Waals surface area contributed by atoms with Crippen LogP contribution in [-0.4, -0.2) is 41.1 Å². The van der Waals surface area contributed by atoms with Crippen molar-refractivity contribution in [2.24, 2.45) is 0 Å². The van der Waals surface area contributed by atoms with Crippen LogP contribution in [0, 0.1) is 15.9 Å². The molecular weight excluding hydrogens is 375 g/mol. The van der Waals surface area contributed by atoms with Crippen LogP contribution in [0.25, 0.3) is 0 Å². The Morgan fingerprint density at radius 1 is 0.931 bits per heavy atom. The normalized spacial score (nSPS) is 14.0. The zero-order chi connectivity index (χ0) is 20.2. The lowest BCUT2D eigenvalue weighted by molar-refractivity contribution is -0.383. The minimum Gasteiger partial charge on any atom is -0.366 e. The van der Waals surface area contributed by atoms with Crippen molar-refractivity contribution in [3.63, 3.8) is 0 Å². The van der Waals surface area contributed by atoms with Gasteiger partial charge in [-0.3, -0.25) is 10.1 Å². The number of rotatable bonds is 5. The summed E-state index contributed by atoms with van der Waals surface area (Å²) in [6.07, 6.45) is 1.32. The Morgan fingerprint density at radius 2 is 1.59 bits per heavy atom. The number of halogens is 1. The number of anilines is 4. The van der Waals surface area contributed by atoms with Gasteiger partial charge in [0, 0.05) is 31.9 Å². The number of aromatic nitrogens is 2. The first-order valence-electron chi connectivity index (χ1n) is 9.19. The Morgan fingerprint density at radius 3 is 2.28 bits per heavy atom. The van der Waals surface area contributed by atoms with Crippen LogP contribution >= 0.6 is 0 Å². The van der Waals surface area contributed by atoms with Gasteiger partial charge in [0.1, 0.15) is 12.1 Å². The van der Waals surface area contributed by atoms with Gasteiger partial charge in [0.2, 0.25) is 11.6 Å². The number of hydrogen-bond donors (Lipinski definition) is 1. The molecule has 1 fully saturated rings. The monoisotopic (exact) mass is 394 g/mol. The number of nitrogens with zero attached hydrogens (tertiary/aromatic N) is 5. The maximum absolute atomic E-state index is 14.1. The molecular formula is C20H19FN6O2. The summed E-state index contributed by atoms with van der Waals surface area (Å²) in [5.74, 6) is 0.127. The van der Waals surface area contributed by atoms with E-state index < -0.39 is 4.92 Å². The third kappa shape index (κ3) is 3.93. The largest absolute Gasteiger partial charge is 0.366 e. The number of nitrogens with one attached hydrogen (secondary N) is 1. The molecule has 0 radical (unpaired) electrons. The smallest absolute Gasteiger partial charge is 0.353 e. The van der Waals surface area contributed by atoms with Gasteiger partial charge in [0.15, 0.2) is 0 Å². The second-order valence-electron chi connectivity index (χ2n) is 6.57. The Bertz CT molecular complexity index is 1010. The van der Waals surface area contributed by atoms with Crippen LogP contribution in [0.15, 0.2) is 60.9 Å². The maximum Gasteiger partial charge on any atom is 0.353 e. The van der Waals surface area contributed by atoms with Crippen LogP contribution in [0.1, 0.15) is 0 Å². The Kier molecular flexibility index (Phi) is 5.19. The highest BCUT2D eigenvalue weighted by Gasteiger charge is 2.29. The Balaban J connectivity index is 1.57. The predicted octanol–water partition coefficient (Wildman–Crippen LogP) is 3.59. The number of nitro groups is 1. The molecule has 1 aromatic heterocycles. The summed E-state index contributed by atoms with van der Waals surface area (Å²) < 4.78 is 14.1. The van der Waals surface area contributed by atoms with Gasteiger partial charge in [-0.05, 0) is 24.3 Å². The molecule has 0 amide bonds. The molecule has 0 spiro atoms. The summed E-state index contributed by atoms with van der Waals surface area (Å²) in [4.78, 5) is 23.4.